The average Bonchev–Trinajstić information content (AvgIpc) is 2.77. The van der Waals surface area contributed by atoms with Gasteiger partial charge in [0.15, 0.2) is 0 Å². The van der Waals surface area contributed by atoms with E-state index in [4.69, 9.17) is 11.6 Å². The van der Waals surface area contributed by atoms with Gasteiger partial charge in [0.1, 0.15) is 18.0 Å². The maximum atomic E-state index is 13.4. The zero-order valence-corrected chi connectivity index (χ0v) is 18.5. The zero-order chi connectivity index (χ0) is 21.8. The molecule has 0 radical (unpaired) electrons. The summed E-state index contributed by atoms with van der Waals surface area (Å²) in [7, 11) is 0. The molecular weight excluding hydrogens is 487 g/mol. The molecule has 7 nitrogen and oxygen atoms in total. The van der Waals surface area contributed by atoms with Crippen LogP contribution in [0.1, 0.15) is 16.8 Å². The molecule has 0 atom stereocenters. The molecule has 3 aromatic rings. The Hall–Kier alpha value is -3.04. The van der Waals surface area contributed by atoms with Gasteiger partial charge in [-0.3, -0.25) is 0 Å². The lowest BCUT2D eigenvalue weighted by molar-refractivity contribution is 0.192. The Labute approximate surface area is 191 Å². The highest BCUT2D eigenvalue weighted by molar-refractivity contribution is 9.10. The highest BCUT2D eigenvalue weighted by Gasteiger charge is 2.24. The number of hydrogen-bond donors (Lipinski definition) is 2. The maximum Gasteiger partial charge on any atom is 0.338 e. The number of nitrogens with one attached hydrogen (secondary N) is 2. The summed E-state index contributed by atoms with van der Waals surface area (Å²) in [6, 6.07) is 11.6. The third-order valence-electron chi connectivity index (χ3n) is 4.72. The van der Waals surface area contributed by atoms with Crippen LogP contribution in [0.4, 0.5) is 20.7 Å². The molecule has 1 aliphatic rings. The van der Waals surface area contributed by atoms with Gasteiger partial charge in [-0.15, -0.1) is 0 Å². The van der Waals surface area contributed by atoms with E-state index < -0.39 is 5.82 Å². The van der Waals surface area contributed by atoms with E-state index in [2.05, 4.69) is 41.7 Å². The third-order valence-corrected chi connectivity index (χ3v) is 5.53. The fourth-order valence-corrected chi connectivity index (χ4v) is 3.56. The van der Waals surface area contributed by atoms with Crippen LogP contribution in [-0.4, -0.2) is 33.7 Å². The molecule has 31 heavy (non-hydrogen) atoms. The van der Waals surface area contributed by atoms with E-state index in [9.17, 15) is 9.18 Å². The maximum absolute atomic E-state index is 13.4. The Bertz CT molecular complexity index is 1140. The van der Waals surface area contributed by atoms with Crippen molar-refractivity contribution in [2.45, 2.75) is 13.0 Å². The Morgan fingerprint density at radius 3 is 2.81 bits per heavy atom. The summed E-state index contributed by atoms with van der Waals surface area (Å²) < 4.78 is 14.4. The fourth-order valence-electron chi connectivity index (χ4n) is 3.11. The van der Waals surface area contributed by atoms with Crippen LogP contribution in [0, 0.1) is 5.82 Å². The molecule has 0 spiro atoms. The van der Waals surface area contributed by atoms with E-state index in [0.29, 0.717) is 31.0 Å². The minimum absolute atomic E-state index is 0.0116. The number of hydrogen-bond acceptors (Lipinski definition) is 5. The molecule has 1 aliphatic heterocycles. The van der Waals surface area contributed by atoms with Gasteiger partial charge in [-0.1, -0.05) is 39.7 Å². The lowest BCUT2D eigenvalue weighted by Gasteiger charge is -2.28. The molecular formula is C21H17BrClFN6O. The van der Waals surface area contributed by atoms with Crippen LogP contribution < -0.4 is 10.7 Å². The number of hydrazone groups is 1. The second-order valence-corrected chi connectivity index (χ2v) is 8.12. The van der Waals surface area contributed by atoms with Crippen LogP contribution in [0.5, 0.6) is 0 Å². The van der Waals surface area contributed by atoms with Crippen molar-refractivity contribution in [1.29, 1.82) is 0 Å². The predicted octanol–water partition coefficient (Wildman–Crippen LogP) is 4.88. The van der Waals surface area contributed by atoms with Crippen molar-refractivity contribution in [2.24, 2.45) is 5.10 Å². The monoisotopic (exact) mass is 502 g/mol. The molecule has 0 unspecified atom stereocenters. The first-order valence-corrected chi connectivity index (χ1v) is 10.5. The quantitative estimate of drug-likeness (QED) is 0.393. The normalized spacial score (nSPS) is 13.2. The number of nitrogens with zero attached hydrogens (tertiary/aromatic N) is 4. The second-order valence-electron chi connectivity index (χ2n) is 6.80. The number of urea groups is 1. The molecule has 0 aliphatic carbocycles. The van der Waals surface area contributed by atoms with Crippen LogP contribution in [-0.2, 0) is 13.0 Å². The fraction of sp³-hybridized carbons (Fsp3) is 0.143. The van der Waals surface area contributed by atoms with Gasteiger partial charge < -0.3 is 10.2 Å². The molecule has 2 aromatic carbocycles. The van der Waals surface area contributed by atoms with Crippen LogP contribution in [0.25, 0.3) is 0 Å². The lowest BCUT2D eigenvalue weighted by Crippen LogP contribution is -2.41. The molecule has 0 saturated carbocycles. The third kappa shape index (κ3) is 5.18. The largest absolute Gasteiger partial charge is 0.340 e. The van der Waals surface area contributed by atoms with Crippen molar-refractivity contribution < 1.29 is 9.18 Å². The SMILES string of the molecule is O=C(N/N=C/c1ccc(Br)cc1)N1CCc2ncnc(Nc3ccc(F)c(Cl)c3)c2C1. The number of carbonyl (C=O) groups excluding carboxylic acids is 1. The molecule has 1 aromatic heterocycles. The molecule has 10 heteroatoms. The summed E-state index contributed by atoms with van der Waals surface area (Å²) in [5.74, 6) is 0.0482. The van der Waals surface area contributed by atoms with Crippen LogP contribution >= 0.6 is 27.5 Å². The van der Waals surface area contributed by atoms with Crippen molar-refractivity contribution >= 4 is 51.3 Å². The molecule has 0 saturated heterocycles. The summed E-state index contributed by atoms with van der Waals surface area (Å²) in [5, 5.41) is 7.18. The first-order chi connectivity index (χ1) is 15.0. The topological polar surface area (TPSA) is 82.5 Å². The summed E-state index contributed by atoms with van der Waals surface area (Å²) >= 11 is 9.24. The number of halogens is 3. The summed E-state index contributed by atoms with van der Waals surface area (Å²) in [6.45, 7) is 0.818. The summed E-state index contributed by atoms with van der Waals surface area (Å²) in [6.07, 6.45) is 3.63. The van der Waals surface area contributed by atoms with E-state index in [0.717, 1.165) is 21.3 Å². The highest BCUT2D eigenvalue weighted by atomic mass is 79.9. The summed E-state index contributed by atoms with van der Waals surface area (Å²) in [4.78, 5) is 22.8. The summed E-state index contributed by atoms with van der Waals surface area (Å²) in [5.41, 5.74) is 5.66. The van der Waals surface area contributed by atoms with Crippen molar-refractivity contribution in [2.75, 3.05) is 11.9 Å². The molecule has 158 valence electrons. The first kappa shape index (κ1) is 21.2. The van der Waals surface area contributed by atoms with Crippen molar-refractivity contribution in [3.05, 3.63) is 80.9 Å². The van der Waals surface area contributed by atoms with Crippen molar-refractivity contribution in [3.8, 4) is 0 Å². The van der Waals surface area contributed by atoms with E-state index in [1.54, 1.807) is 17.2 Å². The number of anilines is 2. The number of benzene rings is 2. The van der Waals surface area contributed by atoms with Crippen molar-refractivity contribution in [1.82, 2.24) is 20.3 Å². The first-order valence-electron chi connectivity index (χ1n) is 9.38. The van der Waals surface area contributed by atoms with Gasteiger partial charge in [0.25, 0.3) is 0 Å². The van der Waals surface area contributed by atoms with Crippen LogP contribution in [0.15, 0.2) is 58.4 Å². The minimum atomic E-state index is -0.497. The predicted molar refractivity (Wildman–Crippen MR) is 121 cm³/mol. The van der Waals surface area contributed by atoms with Crippen LogP contribution in [0.2, 0.25) is 5.02 Å². The lowest BCUT2D eigenvalue weighted by atomic mass is 10.1. The number of rotatable bonds is 4. The van der Waals surface area contributed by atoms with Crippen molar-refractivity contribution in [3.63, 3.8) is 0 Å². The molecule has 2 amide bonds. The smallest absolute Gasteiger partial charge is 0.338 e. The molecule has 0 fully saturated rings. The number of aromatic nitrogens is 2. The Kier molecular flexibility index (Phi) is 6.43. The van der Waals surface area contributed by atoms with E-state index in [-0.39, 0.29) is 11.1 Å². The van der Waals surface area contributed by atoms with E-state index in [1.807, 2.05) is 24.3 Å². The highest BCUT2D eigenvalue weighted by Crippen LogP contribution is 2.27. The van der Waals surface area contributed by atoms with Gasteiger partial charge in [0.05, 0.1) is 23.5 Å². The number of amides is 2. The zero-order valence-electron chi connectivity index (χ0n) is 16.1. The van der Waals surface area contributed by atoms with E-state index in [1.165, 1.54) is 18.5 Å². The Morgan fingerprint density at radius 2 is 2.03 bits per heavy atom. The van der Waals surface area contributed by atoms with Gasteiger partial charge in [0, 0.05) is 28.7 Å². The van der Waals surface area contributed by atoms with Gasteiger partial charge >= 0.3 is 6.03 Å². The van der Waals surface area contributed by atoms with Gasteiger partial charge in [-0.25, -0.2) is 24.6 Å². The Morgan fingerprint density at radius 1 is 1.23 bits per heavy atom. The molecule has 4 rings (SSSR count). The van der Waals surface area contributed by atoms with E-state index >= 15 is 0 Å². The van der Waals surface area contributed by atoms with Gasteiger partial charge in [-0.05, 0) is 35.9 Å². The Balaban J connectivity index is 1.45. The molecule has 2 heterocycles. The standard InChI is InChI=1S/C21H17BrClFN6O/c22-14-3-1-13(2-4-14)10-27-29-21(31)30-8-7-19-16(11-30)20(26-12-25-19)28-15-5-6-18(24)17(23)9-15/h1-6,9-10,12H,7-8,11H2,(H,29,31)(H,25,26,28)/b27-10+. The number of carbonyl (C=O) groups is 1. The number of fused-ring (bicyclic) bond motifs is 1. The van der Waals surface area contributed by atoms with Gasteiger partial charge in [0.2, 0.25) is 0 Å². The molecule has 0 bridgehead atoms. The van der Waals surface area contributed by atoms with Crippen LogP contribution in [0.3, 0.4) is 0 Å². The molecule has 2 N–H and O–H groups in total. The average molecular weight is 504 g/mol. The van der Waals surface area contributed by atoms with Gasteiger partial charge in [-0.2, -0.15) is 5.10 Å². The minimum Gasteiger partial charge on any atom is -0.340 e. The second kappa shape index (κ2) is 9.40.